The average molecular weight is 385 g/mol. The fourth-order valence-corrected chi connectivity index (χ4v) is 2.71. The minimum atomic E-state index is -0.677. The van der Waals surface area contributed by atoms with Gasteiger partial charge in [-0.3, -0.25) is 4.79 Å². The van der Waals surface area contributed by atoms with Crippen molar-refractivity contribution >= 4 is 29.1 Å². The maximum atomic E-state index is 12.4. The van der Waals surface area contributed by atoms with Crippen molar-refractivity contribution in [2.45, 2.75) is 38.4 Å². The second kappa shape index (κ2) is 8.70. The molecule has 1 aliphatic carbocycles. The van der Waals surface area contributed by atoms with Crippen molar-refractivity contribution in [1.29, 1.82) is 0 Å². The van der Waals surface area contributed by atoms with Crippen LogP contribution in [0.2, 0.25) is 10.0 Å². The summed E-state index contributed by atoms with van der Waals surface area (Å²) in [6, 6.07) is 1.53. The minimum Gasteiger partial charge on any atom is -0.463 e. The van der Waals surface area contributed by atoms with E-state index in [0.29, 0.717) is 18.0 Å². The van der Waals surface area contributed by atoms with Gasteiger partial charge in [-0.25, -0.2) is 4.98 Å². The molecule has 0 fully saturated rings. The quantitative estimate of drug-likeness (QED) is 0.772. The minimum absolute atomic E-state index is 0.195. The SMILES string of the molecule is CCC(Oc1ncc(Cl)cc1Cl)C(=O)NCC1=CCC(C)(OC)C=C1. The Hall–Kier alpha value is -1.56. The molecule has 136 valence electrons. The van der Waals surface area contributed by atoms with E-state index in [1.807, 2.05) is 26.0 Å². The van der Waals surface area contributed by atoms with E-state index in [9.17, 15) is 4.79 Å². The average Bonchev–Trinajstić information content (AvgIpc) is 2.60. The van der Waals surface area contributed by atoms with Gasteiger partial charge in [-0.1, -0.05) is 48.4 Å². The summed E-state index contributed by atoms with van der Waals surface area (Å²) >= 11 is 11.9. The van der Waals surface area contributed by atoms with Crippen molar-refractivity contribution in [2.24, 2.45) is 0 Å². The Bertz CT molecular complexity index is 691. The number of hydrogen-bond acceptors (Lipinski definition) is 4. The van der Waals surface area contributed by atoms with Crippen molar-refractivity contribution in [3.8, 4) is 5.88 Å². The van der Waals surface area contributed by atoms with Crippen LogP contribution in [0.3, 0.4) is 0 Å². The van der Waals surface area contributed by atoms with E-state index in [1.54, 1.807) is 7.11 Å². The first-order valence-corrected chi connectivity index (χ1v) is 8.81. The van der Waals surface area contributed by atoms with Crippen molar-refractivity contribution in [3.63, 3.8) is 0 Å². The van der Waals surface area contributed by atoms with E-state index >= 15 is 0 Å². The van der Waals surface area contributed by atoms with Gasteiger partial charge in [-0.05, 0) is 31.4 Å². The second-order valence-electron chi connectivity index (χ2n) is 6.01. The fraction of sp³-hybridized carbons (Fsp3) is 0.444. The molecule has 0 saturated carbocycles. The molecule has 5 nitrogen and oxygen atoms in total. The number of carbonyl (C=O) groups excluding carboxylic acids is 1. The number of carbonyl (C=O) groups is 1. The number of pyridine rings is 1. The summed E-state index contributed by atoms with van der Waals surface area (Å²) in [6.45, 7) is 4.30. The van der Waals surface area contributed by atoms with Gasteiger partial charge in [0.15, 0.2) is 6.10 Å². The summed E-state index contributed by atoms with van der Waals surface area (Å²) in [4.78, 5) is 16.4. The number of nitrogens with one attached hydrogen (secondary N) is 1. The van der Waals surface area contributed by atoms with E-state index < -0.39 is 6.10 Å². The maximum absolute atomic E-state index is 12.4. The van der Waals surface area contributed by atoms with Gasteiger partial charge < -0.3 is 14.8 Å². The van der Waals surface area contributed by atoms with Gasteiger partial charge in [0.2, 0.25) is 5.88 Å². The standard InChI is InChI=1S/C18H22Cl2N2O3/c1-4-15(25-17-14(20)9-13(19)11-22-17)16(23)21-10-12-5-7-18(2,24-3)8-6-12/h5-7,9,11,15H,4,8,10H2,1-3H3,(H,21,23). The van der Waals surface area contributed by atoms with Crippen LogP contribution in [0.5, 0.6) is 5.88 Å². The van der Waals surface area contributed by atoms with E-state index in [4.69, 9.17) is 32.7 Å². The molecule has 2 atom stereocenters. The van der Waals surface area contributed by atoms with Crippen LogP contribution in [-0.2, 0) is 9.53 Å². The largest absolute Gasteiger partial charge is 0.463 e. The van der Waals surface area contributed by atoms with Crippen molar-refractivity contribution < 1.29 is 14.3 Å². The van der Waals surface area contributed by atoms with Crippen LogP contribution in [0, 0.1) is 0 Å². The van der Waals surface area contributed by atoms with Crippen LogP contribution in [-0.4, -0.2) is 36.3 Å². The molecule has 0 bridgehead atoms. The zero-order chi connectivity index (χ0) is 18.4. The van der Waals surface area contributed by atoms with E-state index in [2.05, 4.69) is 16.4 Å². The third kappa shape index (κ3) is 5.46. The summed E-state index contributed by atoms with van der Waals surface area (Å²) < 4.78 is 11.1. The van der Waals surface area contributed by atoms with Gasteiger partial charge in [0, 0.05) is 19.9 Å². The third-order valence-corrected chi connectivity index (χ3v) is 4.52. The van der Waals surface area contributed by atoms with Gasteiger partial charge in [-0.15, -0.1) is 0 Å². The zero-order valence-corrected chi connectivity index (χ0v) is 16.0. The molecule has 2 rings (SSSR count). The highest BCUT2D eigenvalue weighted by molar-refractivity contribution is 6.35. The van der Waals surface area contributed by atoms with Gasteiger partial charge >= 0.3 is 0 Å². The first kappa shape index (κ1) is 19.8. The first-order valence-electron chi connectivity index (χ1n) is 8.05. The molecule has 1 N–H and O–H groups in total. The normalized spacial score (nSPS) is 20.8. The number of aromatic nitrogens is 1. The van der Waals surface area contributed by atoms with Crippen molar-refractivity contribution in [3.05, 3.63) is 46.1 Å². The molecule has 25 heavy (non-hydrogen) atoms. The van der Waals surface area contributed by atoms with Crippen LogP contribution in [0.15, 0.2) is 36.1 Å². The Morgan fingerprint density at radius 3 is 2.80 bits per heavy atom. The summed E-state index contributed by atoms with van der Waals surface area (Å²) in [5, 5.41) is 3.56. The van der Waals surface area contributed by atoms with Crippen LogP contribution in [0.1, 0.15) is 26.7 Å². The topological polar surface area (TPSA) is 60.5 Å². The Kier molecular flexibility index (Phi) is 6.87. The van der Waals surface area contributed by atoms with Gasteiger partial charge in [-0.2, -0.15) is 0 Å². The summed E-state index contributed by atoms with van der Waals surface area (Å²) in [5.74, 6) is -0.0228. The van der Waals surface area contributed by atoms with E-state index in [1.165, 1.54) is 12.3 Å². The molecular weight excluding hydrogens is 363 g/mol. The lowest BCUT2D eigenvalue weighted by Crippen LogP contribution is -2.39. The maximum Gasteiger partial charge on any atom is 0.261 e. The predicted octanol–water partition coefficient (Wildman–Crippen LogP) is 3.95. The Balaban J connectivity index is 1.91. The predicted molar refractivity (Wildman–Crippen MR) is 99.2 cm³/mol. The van der Waals surface area contributed by atoms with Gasteiger partial charge in [0.1, 0.15) is 5.02 Å². The highest BCUT2D eigenvalue weighted by Crippen LogP contribution is 2.26. The van der Waals surface area contributed by atoms with Crippen LogP contribution in [0.4, 0.5) is 0 Å². The molecule has 0 saturated heterocycles. The van der Waals surface area contributed by atoms with Crippen LogP contribution >= 0.6 is 23.2 Å². The molecule has 7 heteroatoms. The number of methoxy groups -OCH3 is 1. The lowest BCUT2D eigenvalue weighted by molar-refractivity contribution is -0.128. The highest BCUT2D eigenvalue weighted by atomic mass is 35.5. The fourth-order valence-electron chi connectivity index (χ4n) is 2.28. The highest BCUT2D eigenvalue weighted by Gasteiger charge is 2.23. The van der Waals surface area contributed by atoms with Crippen LogP contribution < -0.4 is 10.1 Å². The molecule has 1 amide bonds. The third-order valence-electron chi connectivity index (χ3n) is 4.04. The van der Waals surface area contributed by atoms with Crippen molar-refractivity contribution in [2.75, 3.05) is 13.7 Å². The molecule has 0 aliphatic heterocycles. The molecule has 0 radical (unpaired) electrons. The Labute approximate surface area is 158 Å². The zero-order valence-electron chi connectivity index (χ0n) is 14.5. The number of hydrogen-bond donors (Lipinski definition) is 1. The molecule has 1 aliphatic rings. The summed E-state index contributed by atoms with van der Waals surface area (Å²) in [5.41, 5.74) is 0.750. The lowest BCUT2D eigenvalue weighted by atomic mass is 9.94. The number of nitrogens with zero attached hydrogens (tertiary/aromatic N) is 1. The number of halogens is 2. The van der Waals surface area contributed by atoms with E-state index in [0.717, 1.165) is 12.0 Å². The Morgan fingerprint density at radius 1 is 1.48 bits per heavy atom. The smallest absolute Gasteiger partial charge is 0.261 e. The summed E-state index contributed by atoms with van der Waals surface area (Å²) in [6.07, 6.45) is 8.03. The van der Waals surface area contributed by atoms with Gasteiger partial charge in [0.05, 0.1) is 10.6 Å². The molecule has 0 aromatic carbocycles. The van der Waals surface area contributed by atoms with Gasteiger partial charge in [0.25, 0.3) is 5.91 Å². The van der Waals surface area contributed by atoms with E-state index in [-0.39, 0.29) is 22.4 Å². The summed E-state index contributed by atoms with van der Waals surface area (Å²) in [7, 11) is 1.68. The first-order chi connectivity index (χ1) is 11.9. The molecule has 0 spiro atoms. The Morgan fingerprint density at radius 2 is 2.24 bits per heavy atom. The van der Waals surface area contributed by atoms with Crippen LogP contribution in [0.25, 0.3) is 0 Å². The molecular formula is C18H22Cl2N2O3. The number of ether oxygens (including phenoxy) is 2. The second-order valence-corrected chi connectivity index (χ2v) is 6.85. The molecule has 1 heterocycles. The molecule has 1 aromatic heterocycles. The number of amides is 1. The monoisotopic (exact) mass is 384 g/mol. The molecule has 2 unspecified atom stereocenters. The number of rotatable bonds is 7. The van der Waals surface area contributed by atoms with Crippen molar-refractivity contribution in [1.82, 2.24) is 10.3 Å². The lowest BCUT2D eigenvalue weighted by Gasteiger charge is -2.26. The molecule has 1 aromatic rings.